The highest BCUT2D eigenvalue weighted by Crippen LogP contribution is 2.08. The summed E-state index contributed by atoms with van der Waals surface area (Å²) in [5, 5.41) is 8.71. The summed E-state index contributed by atoms with van der Waals surface area (Å²) in [6.07, 6.45) is 2.92. The summed E-state index contributed by atoms with van der Waals surface area (Å²) in [4.78, 5) is 7.71. The Balaban J connectivity index is 2.24. The quantitative estimate of drug-likeness (QED) is 0.622. The van der Waals surface area contributed by atoms with Gasteiger partial charge in [-0.1, -0.05) is 0 Å². The first-order chi connectivity index (χ1) is 7.88. The summed E-state index contributed by atoms with van der Waals surface area (Å²) in [5.41, 5.74) is 0.180. The average Bonchev–Trinajstić information content (AvgIpc) is 2.34. The number of nitrogens with zero attached hydrogens (tertiary/aromatic N) is 3. The molecule has 1 heterocycles. The second-order valence-electron chi connectivity index (χ2n) is 2.78. The molecule has 0 unspecified atom stereocenters. The molecule has 0 saturated heterocycles. The number of ether oxygens (including phenoxy) is 3. The molecule has 86 valence electrons. The molecule has 6 nitrogen and oxygen atoms in total. The van der Waals surface area contributed by atoms with Gasteiger partial charge in [-0.15, -0.1) is 0 Å². The number of hydrogen-bond acceptors (Lipinski definition) is 6. The molecule has 6 heteroatoms. The van der Waals surface area contributed by atoms with Gasteiger partial charge < -0.3 is 14.2 Å². The molecule has 0 N–H and O–H groups in total. The van der Waals surface area contributed by atoms with Crippen LogP contribution >= 0.6 is 0 Å². The Kier molecular flexibility index (Phi) is 5.84. The molecule has 0 aliphatic rings. The maximum Gasteiger partial charge on any atom is 0.251 e. The van der Waals surface area contributed by atoms with Gasteiger partial charge in [0, 0.05) is 19.5 Å². The van der Waals surface area contributed by atoms with E-state index in [0.717, 1.165) is 0 Å². The summed E-state index contributed by atoms with van der Waals surface area (Å²) in [6, 6.07) is 1.90. The zero-order valence-corrected chi connectivity index (χ0v) is 9.05. The molecule has 0 amide bonds. The van der Waals surface area contributed by atoms with Crippen LogP contribution in [-0.4, -0.2) is 43.5 Å². The molecule has 16 heavy (non-hydrogen) atoms. The summed E-state index contributed by atoms with van der Waals surface area (Å²) in [7, 11) is 1.61. The van der Waals surface area contributed by atoms with E-state index in [1.54, 1.807) is 7.11 Å². The van der Waals surface area contributed by atoms with Crippen LogP contribution in [0.5, 0.6) is 5.88 Å². The van der Waals surface area contributed by atoms with E-state index in [0.29, 0.717) is 26.4 Å². The van der Waals surface area contributed by atoms with Crippen LogP contribution < -0.4 is 4.74 Å². The maximum absolute atomic E-state index is 8.71. The summed E-state index contributed by atoms with van der Waals surface area (Å²) >= 11 is 0. The molecule has 0 bridgehead atoms. The molecule has 0 saturated carbocycles. The normalized spacial score (nSPS) is 9.75. The number of nitriles is 1. The van der Waals surface area contributed by atoms with E-state index in [2.05, 4.69) is 9.97 Å². The zero-order valence-electron chi connectivity index (χ0n) is 9.05. The molecule has 0 atom stereocenters. The van der Waals surface area contributed by atoms with E-state index < -0.39 is 0 Å². The molecule has 0 radical (unpaired) electrons. The highest BCUT2D eigenvalue weighted by Gasteiger charge is 2.04. The van der Waals surface area contributed by atoms with Crippen LogP contribution in [0.2, 0.25) is 0 Å². The fourth-order valence-corrected chi connectivity index (χ4v) is 0.949. The van der Waals surface area contributed by atoms with Crippen LogP contribution in [0.15, 0.2) is 12.4 Å². The molecular formula is C10H13N3O3. The van der Waals surface area contributed by atoms with Gasteiger partial charge in [0.2, 0.25) is 5.69 Å². The summed E-state index contributed by atoms with van der Waals surface area (Å²) < 4.78 is 15.2. The molecule has 0 aromatic carbocycles. The minimum Gasteiger partial charge on any atom is -0.473 e. The third kappa shape index (κ3) is 4.21. The van der Waals surface area contributed by atoms with Crippen LogP contribution in [-0.2, 0) is 9.47 Å². The maximum atomic E-state index is 8.71. The first-order valence-electron chi connectivity index (χ1n) is 4.79. The molecule has 1 aromatic rings. The second kappa shape index (κ2) is 7.56. The minimum atomic E-state index is 0.180. The lowest BCUT2D eigenvalue weighted by atomic mass is 10.5. The van der Waals surface area contributed by atoms with Crippen molar-refractivity contribution in [3.63, 3.8) is 0 Å². The SMILES string of the molecule is COCCOCCOc1nccnc1C#N. The Morgan fingerprint density at radius 1 is 1.19 bits per heavy atom. The number of aromatic nitrogens is 2. The van der Waals surface area contributed by atoms with Gasteiger partial charge >= 0.3 is 0 Å². The number of hydrogen-bond donors (Lipinski definition) is 0. The predicted molar refractivity (Wildman–Crippen MR) is 54.9 cm³/mol. The van der Waals surface area contributed by atoms with Crippen molar-refractivity contribution in [2.24, 2.45) is 0 Å². The van der Waals surface area contributed by atoms with Gasteiger partial charge in [-0.25, -0.2) is 9.97 Å². The zero-order chi connectivity index (χ0) is 11.6. The van der Waals surface area contributed by atoms with E-state index >= 15 is 0 Å². The average molecular weight is 223 g/mol. The first-order valence-corrected chi connectivity index (χ1v) is 4.79. The second-order valence-corrected chi connectivity index (χ2v) is 2.78. The molecular weight excluding hydrogens is 210 g/mol. The van der Waals surface area contributed by atoms with Gasteiger partial charge in [-0.3, -0.25) is 0 Å². The Hall–Kier alpha value is -1.71. The van der Waals surface area contributed by atoms with Gasteiger partial charge in [0.15, 0.2) is 0 Å². The van der Waals surface area contributed by atoms with Crippen LogP contribution in [0, 0.1) is 11.3 Å². The number of methoxy groups -OCH3 is 1. The lowest BCUT2D eigenvalue weighted by molar-refractivity contribution is 0.0535. The molecule has 1 aromatic heterocycles. The smallest absolute Gasteiger partial charge is 0.251 e. The lowest BCUT2D eigenvalue weighted by Crippen LogP contribution is -2.11. The van der Waals surface area contributed by atoms with Crippen molar-refractivity contribution in [1.82, 2.24) is 9.97 Å². The molecule has 0 fully saturated rings. The van der Waals surface area contributed by atoms with Gasteiger partial charge in [-0.05, 0) is 0 Å². The van der Waals surface area contributed by atoms with Crippen molar-refractivity contribution in [3.8, 4) is 11.9 Å². The van der Waals surface area contributed by atoms with E-state index in [9.17, 15) is 0 Å². The molecule has 0 aliphatic heterocycles. The van der Waals surface area contributed by atoms with Crippen LogP contribution in [0.25, 0.3) is 0 Å². The topological polar surface area (TPSA) is 77.3 Å². The fraction of sp³-hybridized carbons (Fsp3) is 0.500. The van der Waals surface area contributed by atoms with Gasteiger partial charge in [0.25, 0.3) is 5.88 Å². The molecule has 0 aliphatic carbocycles. The molecule has 0 spiro atoms. The predicted octanol–water partition coefficient (Wildman–Crippen LogP) is 0.390. The monoisotopic (exact) mass is 223 g/mol. The van der Waals surface area contributed by atoms with E-state index in [-0.39, 0.29) is 11.6 Å². The first kappa shape index (κ1) is 12.4. The fourth-order valence-electron chi connectivity index (χ4n) is 0.949. The largest absolute Gasteiger partial charge is 0.473 e. The van der Waals surface area contributed by atoms with Gasteiger partial charge in [0.1, 0.15) is 12.7 Å². The van der Waals surface area contributed by atoms with Crippen molar-refractivity contribution >= 4 is 0 Å². The Bertz CT molecular complexity index is 351. The lowest BCUT2D eigenvalue weighted by Gasteiger charge is -2.06. The third-order valence-electron chi connectivity index (χ3n) is 1.67. The van der Waals surface area contributed by atoms with Crippen LogP contribution in [0.4, 0.5) is 0 Å². The van der Waals surface area contributed by atoms with E-state index in [1.807, 2.05) is 6.07 Å². The third-order valence-corrected chi connectivity index (χ3v) is 1.67. The van der Waals surface area contributed by atoms with Crippen molar-refractivity contribution in [3.05, 3.63) is 18.1 Å². The van der Waals surface area contributed by atoms with Crippen LogP contribution in [0.1, 0.15) is 5.69 Å². The van der Waals surface area contributed by atoms with Gasteiger partial charge in [-0.2, -0.15) is 5.26 Å². The Morgan fingerprint density at radius 3 is 2.69 bits per heavy atom. The van der Waals surface area contributed by atoms with Crippen molar-refractivity contribution in [2.75, 3.05) is 33.5 Å². The Labute approximate surface area is 93.8 Å². The summed E-state index contributed by atoms with van der Waals surface area (Å²) in [5.74, 6) is 0.236. The molecule has 1 rings (SSSR count). The van der Waals surface area contributed by atoms with Crippen molar-refractivity contribution < 1.29 is 14.2 Å². The van der Waals surface area contributed by atoms with Gasteiger partial charge in [0.05, 0.1) is 19.8 Å². The van der Waals surface area contributed by atoms with Crippen molar-refractivity contribution in [1.29, 1.82) is 5.26 Å². The minimum absolute atomic E-state index is 0.180. The highest BCUT2D eigenvalue weighted by atomic mass is 16.5. The van der Waals surface area contributed by atoms with Crippen molar-refractivity contribution in [2.45, 2.75) is 0 Å². The Morgan fingerprint density at radius 2 is 1.94 bits per heavy atom. The van der Waals surface area contributed by atoms with Crippen LogP contribution in [0.3, 0.4) is 0 Å². The standard InChI is InChI=1S/C10H13N3O3/c1-14-4-5-15-6-7-16-10-9(8-11)12-2-3-13-10/h2-3H,4-7H2,1H3. The summed E-state index contributed by atoms with van der Waals surface area (Å²) in [6.45, 7) is 1.82. The van der Waals surface area contributed by atoms with E-state index in [4.69, 9.17) is 19.5 Å². The van der Waals surface area contributed by atoms with E-state index in [1.165, 1.54) is 12.4 Å². The highest BCUT2D eigenvalue weighted by molar-refractivity contribution is 5.29. The number of rotatable bonds is 7.